The first-order valence-electron chi connectivity index (χ1n) is 7.13. The van der Waals surface area contributed by atoms with Gasteiger partial charge >= 0.3 is 0 Å². The second kappa shape index (κ2) is 7.36. The molecule has 0 saturated carbocycles. The summed E-state index contributed by atoms with van der Waals surface area (Å²) in [5.41, 5.74) is 1.17. The molecule has 1 heterocycles. The highest BCUT2D eigenvalue weighted by molar-refractivity contribution is 5.47. The molecule has 1 atom stereocenters. The van der Waals surface area contributed by atoms with Gasteiger partial charge in [-0.3, -0.25) is 0 Å². The van der Waals surface area contributed by atoms with E-state index in [0.717, 1.165) is 31.1 Å². The van der Waals surface area contributed by atoms with Gasteiger partial charge in [0.05, 0.1) is 0 Å². The summed E-state index contributed by atoms with van der Waals surface area (Å²) >= 11 is 0. The summed E-state index contributed by atoms with van der Waals surface area (Å²) in [7, 11) is 0. The van der Waals surface area contributed by atoms with Crippen LogP contribution in [0.1, 0.15) is 25.8 Å². The average molecular weight is 264 g/mol. The molecule has 0 bridgehead atoms. The molecule has 106 valence electrons. The fourth-order valence-corrected chi connectivity index (χ4v) is 2.13. The van der Waals surface area contributed by atoms with Crippen molar-refractivity contribution in [1.29, 1.82) is 0 Å². The third-order valence-electron chi connectivity index (χ3n) is 3.17. The van der Waals surface area contributed by atoms with Gasteiger partial charge in [0.1, 0.15) is 13.2 Å². The molecule has 0 spiro atoms. The molecule has 19 heavy (non-hydrogen) atoms. The van der Waals surface area contributed by atoms with Crippen LogP contribution in [0.4, 0.5) is 0 Å². The number of ether oxygens (including phenoxy) is 2. The van der Waals surface area contributed by atoms with Gasteiger partial charge in [-0.05, 0) is 26.0 Å². The third kappa shape index (κ3) is 4.11. The largest absolute Gasteiger partial charge is 0.486 e. The zero-order chi connectivity index (χ0) is 13.5. The second-order valence-corrected chi connectivity index (χ2v) is 4.93. The number of fused-ring (bicyclic) bond motifs is 1. The smallest absolute Gasteiger partial charge is 0.165 e. The van der Waals surface area contributed by atoms with Crippen LogP contribution in [0.5, 0.6) is 11.5 Å². The Bertz CT molecular complexity index is 396. The van der Waals surface area contributed by atoms with E-state index in [1.807, 2.05) is 12.1 Å². The first-order valence-corrected chi connectivity index (χ1v) is 7.13. The van der Waals surface area contributed by atoms with Crippen molar-refractivity contribution in [3.05, 3.63) is 23.8 Å². The minimum absolute atomic E-state index is 0.437. The van der Waals surface area contributed by atoms with Crippen molar-refractivity contribution in [3.63, 3.8) is 0 Å². The molecule has 0 amide bonds. The number of hydrogen-bond donors (Lipinski definition) is 2. The summed E-state index contributed by atoms with van der Waals surface area (Å²) < 4.78 is 11.3. The molecule has 0 fully saturated rings. The van der Waals surface area contributed by atoms with Crippen LogP contribution in [-0.4, -0.2) is 32.3 Å². The molecule has 0 saturated heterocycles. The summed E-state index contributed by atoms with van der Waals surface area (Å²) in [5.74, 6) is 1.76. The standard InChI is InChI=1S/C15H24N2O2/c1-3-7-16-10-12(2)17-11-13-5-4-6-14-15(13)19-9-8-18-14/h4-6,12,16-17H,3,7-11H2,1-2H3. The van der Waals surface area contributed by atoms with E-state index in [9.17, 15) is 0 Å². The first-order chi connectivity index (χ1) is 9.31. The van der Waals surface area contributed by atoms with Crippen LogP contribution < -0.4 is 20.1 Å². The first kappa shape index (κ1) is 14.2. The summed E-state index contributed by atoms with van der Waals surface area (Å²) in [6.45, 7) is 8.51. The van der Waals surface area contributed by atoms with Gasteiger partial charge in [0, 0.05) is 24.7 Å². The van der Waals surface area contributed by atoms with Crippen molar-refractivity contribution in [2.45, 2.75) is 32.9 Å². The van der Waals surface area contributed by atoms with Gasteiger partial charge in [0.15, 0.2) is 11.5 Å². The Morgan fingerprint density at radius 2 is 2.11 bits per heavy atom. The highest BCUT2D eigenvalue weighted by Crippen LogP contribution is 2.33. The SMILES string of the molecule is CCCNCC(C)NCc1cccc2c1OCCO2. The average Bonchev–Trinajstić information content (AvgIpc) is 2.45. The molecular weight excluding hydrogens is 240 g/mol. The Morgan fingerprint density at radius 3 is 2.95 bits per heavy atom. The van der Waals surface area contributed by atoms with E-state index in [1.54, 1.807) is 0 Å². The Balaban J connectivity index is 1.85. The summed E-state index contributed by atoms with van der Waals surface area (Å²) in [4.78, 5) is 0. The molecule has 4 heteroatoms. The lowest BCUT2D eigenvalue weighted by Gasteiger charge is -2.22. The highest BCUT2D eigenvalue weighted by atomic mass is 16.6. The van der Waals surface area contributed by atoms with Crippen molar-refractivity contribution in [1.82, 2.24) is 10.6 Å². The summed E-state index contributed by atoms with van der Waals surface area (Å²) in [5, 5.41) is 6.92. The van der Waals surface area contributed by atoms with Gasteiger partial charge < -0.3 is 20.1 Å². The van der Waals surface area contributed by atoms with Crippen LogP contribution in [0.2, 0.25) is 0 Å². The molecule has 1 aromatic carbocycles. The van der Waals surface area contributed by atoms with Crippen molar-refractivity contribution in [2.75, 3.05) is 26.3 Å². The van der Waals surface area contributed by atoms with E-state index in [2.05, 4.69) is 30.5 Å². The minimum Gasteiger partial charge on any atom is -0.486 e. The van der Waals surface area contributed by atoms with Crippen LogP contribution in [0, 0.1) is 0 Å². The summed E-state index contributed by atoms with van der Waals surface area (Å²) in [6.07, 6.45) is 1.17. The third-order valence-corrected chi connectivity index (χ3v) is 3.17. The number of benzene rings is 1. The molecule has 1 aliphatic rings. The van der Waals surface area contributed by atoms with E-state index in [4.69, 9.17) is 9.47 Å². The van der Waals surface area contributed by atoms with Crippen molar-refractivity contribution in [3.8, 4) is 11.5 Å². The normalized spacial score (nSPS) is 15.3. The van der Waals surface area contributed by atoms with Crippen LogP contribution in [-0.2, 0) is 6.54 Å². The Labute approximate surface area is 115 Å². The number of nitrogens with one attached hydrogen (secondary N) is 2. The van der Waals surface area contributed by atoms with Gasteiger partial charge in [0.2, 0.25) is 0 Å². The van der Waals surface area contributed by atoms with Crippen molar-refractivity contribution in [2.24, 2.45) is 0 Å². The number of rotatable bonds is 7. The maximum absolute atomic E-state index is 5.70. The fraction of sp³-hybridized carbons (Fsp3) is 0.600. The molecule has 0 radical (unpaired) electrons. The van der Waals surface area contributed by atoms with Gasteiger partial charge in [-0.1, -0.05) is 19.1 Å². The summed E-state index contributed by atoms with van der Waals surface area (Å²) in [6, 6.07) is 6.51. The topological polar surface area (TPSA) is 42.5 Å². The van der Waals surface area contributed by atoms with Gasteiger partial charge in [-0.25, -0.2) is 0 Å². The molecule has 2 N–H and O–H groups in total. The van der Waals surface area contributed by atoms with Gasteiger partial charge in [-0.15, -0.1) is 0 Å². The molecule has 0 aromatic heterocycles. The monoisotopic (exact) mass is 264 g/mol. The van der Waals surface area contributed by atoms with Crippen LogP contribution in [0.15, 0.2) is 18.2 Å². The van der Waals surface area contributed by atoms with E-state index >= 15 is 0 Å². The fourth-order valence-electron chi connectivity index (χ4n) is 2.13. The van der Waals surface area contributed by atoms with Gasteiger partial charge in [-0.2, -0.15) is 0 Å². The quantitative estimate of drug-likeness (QED) is 0.739. The van der Waals surface area contributed by atoms with Gasteiger partial charge in [0.25, 0.3) is 0 Å². The second-order valence-electron chi connectivity index (χ2n) is 4.93. The maximum Gasteiger partial charge on any atom is 0.165 e. The predicted molar refractivity (Wildman–Crippen MR) is 76.9 cm³/mol. The zero-order valence-corrected chi connectivity index (χ0v) is 11.9. The molecular formula is C15H24N2O2. The van der Waals surface area contributed by atoms with Crippen LogP contribution in [0.25, 0.3) is 0 Å². The van der Waals surface area contributed by atoms with Crippen molar-refractivity contribution < 1.29 is 9.47 Å². The Morgan fingerprint density at radius 1 is 1.26 bits per heavy atom. The van der Waals surface area contributed by atoms with E-state index < -0.39 is 0 Å². The minimum atomic E-state index is 0.437. The zero-order valence-electron chi connectivity index (χ0n) is 11.9. The molecule has 4 nitrogen and oxygen atoms in total. The predicted octanol–water partition coefficient (Wildman–Crippen LogP) is 1.94. The van der Waals surface area contributed by atoms with Crippen LogP contribution >= 0.6 is 0 Å². The molecule has 1 unspecified atom stereocenters. The Kier molecular flexibility index (Phi) is 5.48. The molecule has 0 aliphatic carbocycles. The molecule has 1 aromatic rings. The number of hydrogen-bond acceptors (Lipinski definition) is 4. The lowest BCUT2D eigenvalue weighted by molar-refractivity contribution is 0.169. The molecule has 2 rings (SSSR count). The maximum atomic E-state index is 5.70. The molecule has 1 aliphatic heterocycles. The van der Waals surface area contributed by atoms with E-state index in [0.29, 0.717) is 19.3 Å². The van der Waals surface area contributed by atoms with E-state index in [1.165, 1.54) is 12.0 Å². The number of para-hydroxylation sites is 1. The van der Waals surface area contributed by atoms with Crippen molar-refractivity contribution >= 4 is 0 Å². The van der Waals surface area contributed by atoms with Crippen LogP contribution in [0.3, 0.4) is 0 Å². The lowest BCUT2D eigenvalue weighted by atomic mass is 10.1. The lowest BCUT2D eigenvalue weighted by Crippen LogP contribution is -2.36. The highest BCUT2D eigenvalue weighted by Gasteiger charge is 2.15. The Hall–Kier alpha value is -1.26. The van der Waals surface area contributed by atoms with E-state index in [-0.39, 0.29) is 0 Å².